The summed E-state index contributed by atoms with van der Waals surface area (Å²) in [6.07, 6.45) is 3.17. The quantitative estimate of drug-likeness (QED) is 0.540. The molecule has 0 unspecified atom stereocenters. The first-order chi connectivity index (χ1) is 14.0. The zero-order chi connectivity index (χ0) is 20.8. The van der Waals surface area contributed by atoms with Crippen molar-refractivity contribution in [1.29, 1.82) is 0 Å². The van der Waals surface area contributed by atoms with Crippen LogP contribution in [0, 0.1) is 11.8 Å². The Balaban J connectivity index is 1.37. The molecule has 4 amide bonds. The number of benzene rings is 1. The Labute approximate surface area is 168 Å². The normalized spacial score (nSPS) is 20.9. The number of hydrogen-bond acceptors (Lipinski definition) is 6. The molecule has 1 heterocycles. The maximum absolute atomic E-state index is 12.4. The predicted octanol–water partition coefficient (Wildman–Crippen LogP) is 0.980. The van der Waals surface area contributed by atoms with Gasteiger partial charge >= 0.3 is 5.97 Å². The van der Waals surface area contributed by atoms with Crippen molar-refractivity contribution < 1.29 is 28.7 Å². The summed E-state index contributed by atoms with van der Waals surface area (Å²) in [5.74, 6) is -2.85. The number of rotatable bonds is 7. The number of carbonyl (C=O) groups is 5. The van der Waals surface area contributed by atoms with Crippen molar-refractivity contribution in [2.75, 3.05) is 13.2 Å². The highest BCUT2D eigenvalue weighted by atomic mass is 16.5. The summed E-state index contributed by atoms with van der Waals surface area (Å²) >= 11 is 0. The lowest BCUT2D eigenvalue weighted by atomic mass is 9.81. The summed E-state index contributed by atoms with van der Waals surface area (Å²) in [4.78, 5) is 61.3. The van der Waals surface area contributed by atoms with Gasteiger partial charge in [0.15, 0.2) is 6.61 Å². The highest BCUT2D eigenvalue weighted by molar-refractivity contribution is 6.05. The standard InChI is InChI=1S/C21H24N2O6/c24-17(12-14-6-2-1-3-7-14)22-18(25)13-29-19(26)10-11-23-20(27)15-8-4-5-9-16(15)21(23)28/h1-3,6-7,15-16H,4-5,8-13H2,(H,22,24,25)/t15-,16-/m1/s1. The molecule has 1 saturated heterocycles. The van der Waals surface area contributed by atoms with E-state index in [0.29, 0.717) is 12.8 Å². The van der Waals surface area contributed by atoms with Gasteiger partial charge in [-0.25, -0.2) is 0 Å². The largest absolute Gasteiger partial charge is 0.456 e. The molecule has 3 rings (SSSR count). The van der Waals surface area contributed by atoms with E-state index in [1.807, 2.05) is 6.07 Å². The highest BCUT2D eigenvalue weighted by Gasteiger charge is 2.47. The van der Waals surface area contributed by atoms with Gasteiger partial charge in [-0.3, -0.25) is 34.2 Å². The molecule has 1 aromatic rings. The molecule has 1 aromatic carbocycles. The molecule has 2 aliphatic rings. The molecule has 154 valence electrons. The van der Waals surface area contributed by atoms with Crippen molar-refractivity contribution in [3.05, 3.63) is 35.9 Å². The maximum atomic E-state index is 12.4. The number of carbonyl (C=O) groups excluding carboxylic acids is 5. The molecule has 2 atom stereocenters. The van der Waals surface area contributed by atoms with E-state index in [1.54, 1.807) is 24.3 Å². The van der Waals surface area contributed by atoms with Gasteiger partial charge in [0.25, 0.3) is 5.91 Å². The van der Waals surface area contributed by atoms with Crippen LogP contribution in [-0.4, -0.2) is 47.6 Å². The number of fused-ring (bicyclic) bond motifs is 1. The number of imide groups is 2. The number of nitrogens with one attached hydrogen (secondary N) is 1. The molecule has 8 heteroatoms. The first-order valence-corrected chi connectivity index (χ1v) is 9.83. The van der Waals surface area contributed by atoms with Crippen molar-refractivity contribution in [2.24, 2.45) is 11.8 Å². The van der Waals surface area contributed by atoms with E-state index in [0.717, 1.165) is 23.3 Å². The van der Waals surface area contributed by atoms with Crippen LogP contribution in [0.1, 0.15) is 37.7 Å². The minimum Gasteiger partial charge on any atom is -0.456 e. The van der Waals surface area contributed by atoms with Gasteiger partial charge in [-0.2, -0.15) is 0 Å². The smallest absolute Gasteiger partial charge is 0.308 e. The summed E-state index contributed by atoms with van der Waals surface area (Å²) in [6, 6.07) is 8.93. The van der Waals surface area contributed by atoms with Gasteiger partial charge in [-0.15, -0.1) is 0 Å². The number of nitrogens with zero attached hydrogens (tertiary/aromatic N) is 1. The van der Waals surface area contributed by atoms with E-state index < -0.39 is 24.4 Å². The van der Waals surface area contributed by atoms with Crippen LogP contribution >= 0.6 is 0 Å². The molecule has 0 radical (unpaired) electrons. The van der Waals surface area contributed by atoms with E-state index >= 15 is 0 Å². The van der Waals surface area contributed by atoms with Gasteiger partial charge < -0.3 is 4.74 Å². The Hall–Kier alpha value is -3.03. The van der Waals surface area contributed by atoms with Crippen molar-refractivity contribution >= 4 is 29.6 Å². The lowest BCUT2D eigenvalue weighted by molar-refractivity contribution is -0.151. The molecule has 0 bridgehead atoms. The fraction of sp³-hybridized carbons (Fsp3) is 0.476. The molecule has 1 aliphatic heterocycles. The molecule has 8 nitrogen and oxygen atoms in total. The molecular formula is C21H24N2O6. The first-order valence-electron chi connectivity index (χ1n) is 9.83. The van der Waals surface area contributed by atoms with E-state index in [2.05, 4.69) is 5.32 Å². The van der Waals surface area contributed by atoms with E-state index in [-0.39, 0.29) is 43.0 Å². The third kappa shape index (κ3) is 5.28. The molecule has 29 heavy (non-hydrogen) atoms. The molecule has 0 aromatic heterocycles. The second-order valence-corrected chi connectivity index (χ2v) is 7.37. The van der Waals surface area contributed by atoms with Crippen LogP contribution in [0.2, 0.25) is 0 Å². The van der Waals surface area contributed by atoms with Gasteiger partial charge in [0.1, 0.15) is 0 Å². The predicted molar refractivity (Wildman–Crippen MR) is 101 cm³/mol. The fourth-order valence-corrected chi connectivity index (χ4v) is 3.89. The summed E-state index contributed by atoms with van der Waals surface area (Å²) in [5.41, 5.74) is 0.760. The van der Waals surface area contributed by atoms with Crippen LogP contribution in [0.5, 0.6) is 0 Å². The lowest BCUT2D eigenvalue weighted by Crippen LogP contribution is -2.36. The minimum atomic E-state index is -0.723. The molecule has 1 saturated carbocycles. The van der Waals surface area contributed by atoms with Gasteiger partial charge in [0, 0.05) is 6.54 Å². The topological polar surface area (TPSA) is 110 Å². The zero-order valence-electron chi connectivity index (χ0n) is 16.1. The van der Waals surface area contributed by atoms with Crippen molar-refractivity contribution in [3.8, 4) is 0 Å². The molecule has 1 N–H and O–H groups in total. The second kappa shape index (κ2) is 9.45. The fourth-order valence-electron chi connectivity index (χ4n) is 3.89. The third-order valence-electron chi connectivity index (χ3n) is 5.32. The Kier molecular flexibility index (Phi) is 6.74. The van der Waals surface area contributed by atoms with Gasteiger partial charge in [-0.1, -0.05) is 43.2 Å². The summed E-state index contributed by atoms with van der Waals surface area (Å²) in [6.45, 7) is -0.634. The Morgan fingerprint density at radius 3 is 2.21 bits per heavy atom. The second-order valence-electron chi connectivity index (χ2n) is 7.37. The maximum Gasteiger partial charge on any atom is 0.308 e. The number of hydrogen-bond donors (Lipinski definition) is 1. The average Bonchev–Trinajstić information content (AvgIpc) is 2.96. The monoisotopic (exact) mass is 400 g/mol. The first kappa shape index (κ1) is 20.7. The lowest BCUT2D eigenvalue weighted by Gasteiger charge is -2.19. The molecule has 1 aliphatic carbocycles. The third-order valence-corrected chi connectivity index (χ3v) is 5.32. The van der Waals surface area contributed by atoms with Crippen LogP contribution in [0.15, 0.2) is 30.3 Å². The Morgan fingerprint density at radius 2 is 1.59 bits per heavy atom. The van der Waals surface area contributed by atoms with Crippen LogP contribution in [0.3, 0.4) is 0 Å². The van der Waals surface area contributed by atoms with E-state index in [4.69, 9.17) is 4.74 Å². The van der Waals surface area contributed by atoms with Crippen molar-refractivity contribution in [2.45, 2.75) is 38.5 Å². The number of likely N-dealkylation sites (tertiary alicyclic amines) is 1. The minimum absolute atomic E-state index is 0.0436. The van der Waals surface area contributed by atoms with E-state index in [1.165, 1.54) is 0 Å². The Morgan fingerprint density at radius 1 is 0.966 bits per heavy atom. The van der Waals surface area contributed by atoms with Gasteiger partial charge in [0.2, 0.25) is 17.7 Å². The van der Waals surface area contributed by atoms with Crippen LogP contribution in [-0.2, 0) is 35.1 Å². The SMILES string of the molecule is O=C(COC(=O)CCN1C(=O)[C@@H]2CCCC[C@H]2C1=O)NC(=O)Cc1ccccc1. The van der Waals surface area contributed by atoms with Crippen LogP contribution in [0.25, 0.3) is 0 Å². The van der Waals surface area contributed by atoms with Crippen LogP contribution < -0.4 is 5.32 Å². The summed E-state index contributed by atoms with van der Waals surface area (Å²) in [5, 5.41) is 2.16. The molecule has 0 spiro atoms. The number of ether oxygens (including phenoxy) is 1. The summed E-state index contributed by atoms with van der Waals surface area (Å²) < 4.78 is 4.85. The average molecular weight is 400 g/mol. The molecular weight excluding hydrogens is 376 g/mol. The Bertz CT molecular complexity index is 783. The van der Waals surface area contributed by atoms with Crippen molar-refractivity contribution in [3.63, 3.8) is 0 Å². The highest BCUT2D eigenvalue weighted by Crippen LogP contribution is 2.37. The molecule has 2 fully saturated rings. The van der Waals surface area contributed by atoms with Crippen LogP contribution in [0.4, 0.5) is 0 Å². The van der Waals surface area contributed by atoms with Gasteiger partial charge in [0.05, 0.1) is 24.7 Å². The number of esters is 1. The van der Waals surface area contributed by atoms with Gasteiger partial charge in [-0.05, 0) is 18.4 Å². The van der Waals surface area contributed by atoms with E-state index in [9.17, 15) is 24.0 Å². The summed E-state index contributed by atoms with van der Waals surface area (Å²) in [7, 11) is 0. The zero-order valence-corrected chi connectivity index (χ0v) is 16.1. The number of amides is 4. The van der Waals surface area contributed by atoms with Crippen molar-refractivity contribution in [1.82, 2.24) is 10.2 Å².